The van der Waals surface area contributed by atoms with Crippen LogP contribution in [-0.2, 0) is 20.7 Å². The van der Waals surface area contributed by atoms with Crippen molar-refractivity contribution in [1.29, 1.82) is 0 Å². The molecule has 0 aliphatic heterocycles. The van der Waals surface area contributed by atoms with Crippen LogP contribution in [0.5, 0.6) is 0 Å². The molecule has 1 N–H and O–H groups in total. The molecule has 0 atom stereocenters. The quantitative estimate of drug-likeness (QED) is 0.393. The molecule has 0 bridgehead atoms. The highest BCUT2D eigenvalue weighted by Crippen LogP contribution is 2.28. The average molecular weight is 332 g/mol. The van der Waals surface area contributed by atoms with Gasteiger partial charge in [0.2, 0.25) is 0 Å². The summed E-state index contributed by atoms with van der Waals surface area (Å²) in [6.45, 7) is 3.54. The Morgan fingerprint density at radius 2 is 1.88 bits per heavy atom. The number of halogens is 1. The zero-order valence-corrected chi connectivity index (χ0v) is 13.6. The molecule has 1 aromatic carbocycles. The van der Waals surface area contributed by atoms with E-state index in [-0.39, 0.29) is 11.6 Å². The molecule has 0 amide bonds. The summed E-state index contributed by atoms with van der Waals surface area (Å²) < 4.78 is 22.8. The van der Waals surface area contributed by atoms with Crippen molar-refractivity contribution in [2.45, 2.75) is 20.3 Å². The summed E-state index contributed by atoms with van der Waals surface area (Å²) in [7, 11) is 1.08. The highest BCUT2D eigenvalue weighted by atomic mass is 19.1. The number of methoxy groups -OCH3 is 1. The molecule has 0 spiro atoms. The van der Waals surface area contributed by atoms with Crippen LogP contribution in [0.25, 0.3) is 5.76 Å². The third-order valence-corrected chi connectivity index (χ3v) is 3.69. The summed E-state index contributed by atoms with van der Waals surface area (Å²) >= 11 is 0. The molecule has 0 saturated heterocycles. The molecule has 2 rings (SSSR count). The first-order valence-corrected chi connectivity index (χ1v) is 7.20. The Bertz CT molecular complexity index is 800. The molecule has 1 heterocycles. The molecule has 0 aliphatic rings. The van der Waals surface area contributed by atoms with Gasteiger partial charge in [0.25, 0.3) is 5.78 Å². The number of ketones is 1. The molecule has 1 aromatic heterocycles. The highest BCUT2D eigenvalue weighted by Gasteiger charge is 2.21. The molecule has 6 heteroatoms. The maximum Gasteiger partial charge on any atom is 0.378 e. The predicted molar refractivity (Wildman–Crippen MR) is 85.0 cm³/mol. The summed E-state index contributed by atoms with van der Waals surface area (Å²) in [5.41, 5.74) is 2.28. The Balaban J connectivity index is 2.39. The molecule has 0 unspecified atom stereocenters. The first kappa shape index (κ1) is 17.5. The van der Waals surface area contributed by atoms with E-state index in [4.69, 9.17) is 4.42 Å². The number of furan rings is 1. The molecular formula is C18H17FO5. The topological polar surface area (TPSA) is 76.7 Å². The fourth-order valence-corrected chi connectivity index (χ4v) is 2.25. The minimum Gasteiger partial charge on any atom is -0.504 e. The lowest BCUT2D eigenvalue weighted by atomic mass is 10.00. The van der Waals surface area contributed by atoms with Crippen LogP contribution in [0.2, 0.25) is 0 Å². The third kappa shape index (κ3) is 3.71. The monoisotopic (exact) mass is 332 g/mol. The van der Waals surface area contributed by atoms with E-state index in [0.29, 0.717) is 17.7 Å². The number of benzene rings is 1. The van der Waals surface area contributed by atoms with Gasteiger partial charge in [-0.25, -0.2) is 9.18 Å². The van der Waals surface area contributed by atoms with E-state index in [0.717, 1.165) is 24.3 Å². The smallest absolute Gasteiger partial charge is 0.378 e. The normalized spacial score (nSPS) is 11.4. The number of hydrogen-bond donors (Lipinski definition) is 1. The summed E-state index contributed by atoms with van der Waals surface area (Å²) in [6, 6.07) is 5.93. The van der Waals surface area contributed by atoms with Gasteiger partial charge in [-0.15, -0.1) is 0 Å². The fourth-order valence-electron chi connectivity index (χ4n) is 2.25. The van der Waals surface area contributed by atoms with E-state index in [2.05, 4.69) is 4.74 Å². The van der Waals surface area contributed by atoms with Gasteiger partial charge in [0.1, 0.15) is 11.6 Å². The van der Waals surface area contributed by atoms with Crippen molar-refractivity contribution in [3.8, 4) is 0 Å². The Morgan fingerprint density at radius 1 is 1.25 bits per heavy atom. The van der Waals surface area contributed by atoms with E-state index in [1.54, 1.807) is 19.1 Å². The number of aliphatic hydroxyl groups is 1. The van der Waals surface area contributed by atoms with Crippen LogP contribution in [-0.4, -0.2) is 24.0 Å². The number of hydrogen-bond acceptors (Lipinski definition) is 5. The van der Waals surface area contributed by atoms with Crippen molar-refractivity contribution < 1.29 is 28.2 Å². The van der Waals surface area contributed by atoms with Crippen LogP contribution in [0.3, 0.4) is 0 Å². The number of ether oxygens (including phenoxy) is 1. The lowest BCUT2D eigenvalue weighted by molar-refractivity contribution is -0.149. The Morgan fingerprint density at radius 3 is 2.46 bits per heavy atom. The summed E-state index contributed by atoms with van der Waals surface area (Å²) in [5.74, 6) is -2.19. The van der Waals surface area contributed by atoms with Gasteiger partial charge in [0.05, 0.1) is 7.11 Å². The zero-order chi connectivity index (χ0) is 17.9. The van der Waals surface area contributed by atoms with Crippen molar-refractivity contribution >= 4 is 17.5 Å². The van der Waals surface area contributed by atoms with Gasteiger partial charge in [0, 0.05) is 18.1 Å². The third-order valence-electron chi connectivity index (χ3n) is 3.69. The molecule has 0 radical (unpaired) electrons. The second-order valence-electron chi connectivity index (χ2n) is 5.28. The summed E-state index contributed by atoms with van der Waals surface area (Å²) in [4.78, 5) is 22.7. The largest absolute Gasteiger partial charge is 0.504 e. The zero-order valence-electron chi connectivity index (χ0n) is 13.6. The number of carbonyl (C=O) groups excluding carboxylic acids is 2. The minimum atomic E-state index is -1.08. The minimum absolute atomic E-state index is 0.103. The van der Waals surface area contributed by atoms with Crippen molar-refractivity contribution in [3.63, 3.8) is 0 Å². The second-order valence-corrected chi connectivity index (χ2v) is 5.28. The predicted octanol–water partition coefficient (Wildman–Crippen LogP) is 3.27. The standard InChI is InChI=1S/C18H17FO5/c1-10-11(2)24-17(15(20)9-16(21)18(22)23-3)14(10)8-12-4-6-13(19)7-5-12/h4-7,9,20H,8H2,1-3H3/b15-9-. The number of esters is 1. The summed E-state index contributed by atoms with van der Waals surface area (Å²) in [6.07, 6.45) is 1.14. The van der Waals surface area contributed by atoms with E-state index < -0.39 is 17.5 Å². The average Bonchev–Trinajstić information content (AvgIpc) is 2.84. The van der Waals surface area contributed by atoms with Crippen LogP contribution in [0.15, 0.2) is 34.8 Å². The van der Waals surface area contributed by atoms with E-state index >= 15 is 0 Å². The molecule has 24 heavy (non-hydrogen) atoms. The van der Waals surface area contributed by atoms with Crippen molar-refractivity contribution in [2.75, 3.05) is 7.11 Å². The number of aliphatic hydroxyl groups excluding tert-OH is 1. The van der Waals surface area contributed by atoms with Gasteiger partial charge >= 0.3 is 5.97 Å². The van der Waals surface area contributed by atoms with Gasteiger partial charge in [-0.2, -0.15) is 0 Å². The SMILES string of the molecule is COC(=O)C(=O)/C=C(\O)c1oc(C)c(C)c1Cc1ccc(F)cc1. The molecule has 5 nitrogen and oxygen atoms in total. The first-order chi connectivity index (χ1) is 11.3. The number of rotatable bonds is 5. The van der Waals surface area contributed by atoms with Crippen molar-refractivity contribution in [3.05, 3.63) is 64.4 Å². The van der Waals surface area contributed by atoms with Crippen LogP contribution in [0, 0.1) is 19.7 Å². The maximum absolute atomic E-state index is 13.0. The molecule has 126 valence electrons. The Hall–Kier alpha value is -2.89. The lowest BCUT2D eigenvalue weighted by Crippen LogP contribution is -2.13. The fraction of sp³-hybridized carbons (Fsp3) is 0.222. The van der Waals surface area contributed by atoms with E-state index in [1.165, 1.54) is 12.1 Å². The van der Waals surface area contributed by atoms with Gasteiger partial charge in [-0.3, -0.25) is 4.79 Å². The van der Waals surface area contributed by atoms with Gasteiger partial charge in [-0.1, -0.05) is 12.1 Å². The maximum atomic E-state index is 13.0. The number of aryl methyl sites for hydroxylation is 1. The van der Waals surface area contributed by atoms with Gasteiger partial charge in [-0.05, 0) is 37.1 Å². The second kappa shape index (κ2) is 7.12. The van der Waals surface area contributed by atoms with Gasteiger partial charge < -0.3 is 14.3 Å². The molecule has 0 saturated carbocycles. The molecule has 0 fully saturated rings. The molecule has 2 aromatic rings. The van der Waals surface area contributed by atoms with Crippen molar-refractivity contribution in [1.82, 2.24) is 0 Å². The molecule has 0 aliphatic carbocycles. The van der Waals surface area contributed by atoms with Crippen LogP contribution in [0.4, 0.5) is 4.39 Å². The van der Waals surface area contributed by atoms with Crippen LogP contribution in [0.1, 0.15) is 28.2 Å². The first-order valence-electron chi connectivity index (χ1n) is 7.20. The Labute approximate surface area is 138 Å². The molecular weight excluding hydrogens is 315 g/mol. The number of carbonyl (C=O) groups is 2. The van der Waals surface area contributed by atoms with Crippen LogP contribution < -0.4 is 0 Å². The van der Waals surface area contributed by atoms with Gasteiger partial charge in [0.15, 0.2) is 11.5 Å². The van der Waals surface area contributed by atoms with Crippen LogP contribution >= 0.6 is 0 Å². The van der Waals surface area contributed by atoms with Crippen molar-refractivity contribution in [2.24, 2.45) is 0 Å². The lowest BCUT2D eigenvalue weighted by Gasteiger charge is -2.04. The summed E-state index contributed by atoms with van der Waals surface area (Å²) in [5, 5.41) is 10.2. The highest BCUT2D eigenvalue weighted by molar-refractivity contribution is 6.39. The van der Waals surface area contributed by atoms with E-state index in [9.17, 15) is 19.1 Å². The Kier molecular flexibility index (Phi) is 5.18. The van der Waals surface area contributed by atoms with E-state index in [1.807, 2.05) is 6.92 Å².